The van der Waals surface area contributed by atoms with Gasteiger partial charge >= 0.3 is 0 Å². The van der Waals surface area contributed by atoms with Gasteiger partial charge in [0.2, 0.25) is 0 Å². The van der Waals surface area contributed by atoms with Crippen LogP contribution in [0.3, 0.4) is 0 Å². The summed E-state index contributed by atoms with van der Waals surface area (Å²) >= 11 is 7.41. The third kappa shape index (κ3) is 15.4. The van der Waals surface area contributed by atoms with E-state index in [1.807, 2.05) is 45.3 Å². The zero-order chi connectivity index (χ0) is 86.2. The van der Waals surface area contributed by atoms with Gasteiger partial charge in [0, 0.05) is 183 Å². The minimum atomic E-state index is 1.09. The van der Waals surface area contributed by atoms with Crippen molar-refractivity contribution >= 4 is 228 Å². The van der Waals surface area contributed by atoms with Gasteiger partial charge in [0.25, 0.3) is 0 Å². The molecule has 0 unspecified atom stereocenters. The Bertz CT molecular complexity index is 8080. The second-order valence-corrected chi connectivity index (χ2v) is 36.7. The highest BCUT2D eigenvalue weighted by Gasteiger charge is 2.24. The first-order chi connectivity index (χ1) is 64.4. The highest BCUT2D eigenvalue weighted by Crippen LogP contribution is 2.50. The van der Waals surface area contributed by atoms with E-state index in [2.05, 4.69) is 527 Å². The van der Waals surface area contributed by atoms with Crippen LogP contribution in [0.4, 0.5) is 102 Å². The van der Waals surface area contributed by atoms with Crippen LogP contribution in [0.25, 0.3) is 103 Å². The van der Waals surface area contributed by atoms with Crippen molar-refractivity contribution in [1.82, 2.24) is 0 Å². The van der Waals surface area contributed by atoms with E-state index in [1.54, 1.807) is 0 Å². The van der Waals surface area contributed by atoms with Crippen LogP contribution >= 0.6 is 45.3 Å². The standard InChI is InChI=1S/C66H43N3S3.C54H39N3S/c1-4-14-46(15-5-1)67(52-34-38-64-59(41-52)55-20-10-12-22-61(55)70-64)49-27-24-44(25-28-49)45-26-37-63-58(40-45)57-36-33-54(43-66(57)72-63)69(48-18-8-3-9-19-48)51-31-29-50(30-32-51)68(47-16-6-2-7-17-47)53-35-39-65-60(42-53)56-21-11-13-23-62(56)71-65;1-6-17-42(18-7-1)55(43-19-8-2-9-20-43)47-32-29-40(30-33-47)41-31-36-53-52(37-41)51-35-34-50(39-54(51)58-53)57(46-25-14-5-15-26-46)49-28-16-27-48(38-49)56(44-21-10-3-11-22-44)45-23-12-4-13-24-45/h1-43H;1-39H. The number of fused-ring (bicyclic) bond motifs is 12. The monoisotopic (exact) mass is 1730 g/mol. The van der Waals surface area contributed by atoms with Crippen LogP contribution in [0.15, 0.2) is 497 Å². The molecule has 24 rings (SSSR count). The molecule has 0 fully saturated rings. The summed E-state index contributed by atoms with van der Waals surface area (Å²) in [5.41, 5.74) is 24.9. The van der Waals surface area contributed by atoms with Crippen molar-refractivity contribution in [2.45, 2.75) is 0 Å². The number of benzene rings is 20. The number of thiophene rings is 4. The Kier molecular flexibility index (Phi) is 21.1. The van der Waals surface area contributed by atoms with Gasteiger partial charge in [-0.25, -0.2) is 0 Å². The summed E-state index contributed by atoms with van der Waals surface area (Å²) in [6, 6.07) is 180. The number of rotatable bonds is 20. The Hall–Kier alpha value is -15.9. The molecule has 0 atom stereocenters. The van der Waals surface area contributed by atoms with Crippen LogP contribution in [0.1, 0.15) is 0 Å². The highest BCUT2D eigenvalue weighted by atomic mass is 32.1. The molecular weight excluding hydrogens is 1650 g/mol. The highest BCUT2D eigenvalue weighted by molar-refractivity contribution is 7.27. The first kappa shape index (κ1) is 78.8. The lowest BCUT2D eigenvalue weighted by atomic mass is 10.0. The van der Waals surface area contributed by atoms with Gasteiger partial charge in [-0.1, -0.05) is 237 Å². The van der Waals surface area contributed by atoms with E-state index < -0.39 is 0 Å². The zero-order valence-electron chi connectivity index (χ0n) is 70.7. The molecule has 24 aromatic rings. The SMILES string of the molecule is c1ccc(N(c2ccc(N(c3ccccc3)c3ccc4sc5ccccc5c4c3)cc2)c2ccc3c(c2)sc2ccc(-c4ccc(N(c5ccccc5)c5ccc6sc7ccccc7c6c5)cc4)cc23)cc1.c1ccc(N(c2ccccc2)c2ccc(-c3ccc4sc5cc(N(c6ccccc6)c6cccc(N(c7ccccc7)c7ccccc7)c6)ccc5c4c3)cc2)cc1. The predicted octanol–water partition coefficient (Wildman–Crippen LogP) is 37.0. The van der Waals surface area contributed by atoms with Crippen LogP contribution in [0.2, 0.25) is 0 Å². The summed E-state index contributed by atoms with van der Waals surface area (Å²) in [5.74, 6) is 0. The van der Waals surface area contributed by atoms with Gasteiger partial charge in [-0.05, 0) is 283 Å². The molecule has 4 heterocycles. The Morgan fingerprint density at radius 1 is 0.100 bits per heavy atom. The summed E-state index contributed by atoms with van der Waals surface area (Å²) in [7, 11) is 0. The van der Waals surface area contributed by atoms with Crippen molar-refractivity contribution in [3.63, 3.8) is 0 Å². The lowest BCUT2D eigenvalue weighted by Gasteiger charge is -2.29. The predicted molar refractivity (Wildman–Crippen MR) is 563 cm³/mol. The van der Waals surface area contributed by atoms with E-state index in [9.17, 15) is 0 Å². The molecule has 0 spiro atoms. The normalized spacial score (nSPS) is 11.4. The largest absolute Gasteiger partial charge is 0.311 e. The van der Waals surface area contributed by atoms with Gasteiger partial charge in [0.1, 0.15) is 0 Å². The average molecular weight is 1740 g/mol. The number of anilines is 18. The number of para-hydroxylation sites is 8. The van der Waals surface area contributed by atoms with Crippen LogP contribution in [0.5, 0.6) is 0 Å². The fourth-order valence-electron chi connectivity index (χ4n) is 18.3. The van der Waals surface area contributed by atoms with E-state index in [1.165, 1.54) is 103 Å². The molecule has 616 valence electrons. The number of hydrogen-bond donors (Lipinski definition) is 0. The molecule has 130 heavy (non-hydrogen) atoms. The molecule has 10 heteroatoms. The molecule has 20 aromatic carbocycles. The van der Waals surface area contributed by atoms with E-state index in [4.69, 9.17) is 0 Å². The van der Waals surface area contributed by atoms with Crippen molar-refractivity contribution in [2.75, 3.05) is 29.4 Å². The molecule has 0 aliphatic carbocycles. The van der Waals surface area contributed by atoms with Crippen LogP contribution in [-0.2, 0) is 0 Å². The molecule has 0 radical (unpaired) electrons. The maximum Gasteiger partial charge on any atom is 0.0482 e. The van der Waals surface area contributed by atoms with E-state index >= 15 is 0 Å². The van der Waals surface area contributed by atoms with Crippen molar-refractivity contribution in [3.05, 3.63) is 497 Å². The quantitative estimate of drug-likeness (QED) is 0.0752. The second-order valence-electron chi connectivity index (χ2n) is 32.4. The van der Waals surface area contributed by atoms with E-state index in [0.717, 1.165) is 102 Å². The Morgan fingerprint density at radius 2 is 0.285 bits per heavy atom. The molecule has 0 aliphatic rings. The van der Waals surface area contributed by atoms with Gasteiger partial charge in [-0.3, -0.25) is 0 Å². The van der Waals surface area contributed by atoms with Crippen molar-refractivity contribution in [3.8, 4) is 22.3 Å². The van der Waals surface area contributed by atoms with Gasteiger partial charge < -0.3 is 29.4 Å². The molecule has 0 bridgehead atoms. The van der Waals surface area contributed by atoms with Crippen LogP contribution in [-0.4, -0.2) is 0 Å². The summed E-state index contributed by atoms with van der Waals surface area (Å²) in [6.07, 6.45) is 0. The molecule has 0 aliphatic heterocycles. The van der Waals surface area contributed by atoms with E-state index in [-0.39, 0.29) is 0 Å². The van der Waals surface area contributed by atoms with E-state index in [0.29, 0.717) is 0 Å². The molecule has 0 saturated heterocycles. The van der Waals surface area contributed by atoms with Crippen molar-refractivity contribution < 1.29 is 0 Å². The summed E-state index contributed by atoms with van der Waals surface area (Å²) in [6.45, 7) is 0. The maximum absolute atomic E-state index is 2.37. The molecule has 0 N–H and O–H groups in total. The topological polar surface area (TPSA) is 19.4 Å². The first-order valence-electron chi connectivity index (χ1n) is 43.8. The smallest absolute Gasteiger partial charge is 0.0482 e. The summed E-state index contributed by atoms with van der Waals surface area (Å²) in [5, 5.41) is 10.3. The van der Waals surface area contributed by atoms with Gasteiger partial charge in [-0.15, -0.1) is 45.3 Å². The van der Waals surface area contributed by atoms with Crippen LogP contribution < -0.4 is 29.4 Å². The molecule has 0 amide bonds. The number of hydrogen-bond acceptors (Lipinski definition) is 10. The van der Waals surface area contributed by atoms with Crippen molar-refractivity contribution in [2.24, 2.45) is 0 Å². The average Bonchev–Trinajstić information content (AvgIpc) is 1.58. The van der Waals surface area contributed by atoms with Gasteiger partial charge in [-0.2, -0.15) is 0 Å². The fourth-order valence-corrected chi connectivity index (χ4v) is 22.7. The molecule has 6 nitrogen and oxygen atoms in total. The van der Waals surface area contributed by atoms with Gasteiger partial charge in [0.05, 0.1) is 0 Å². The first-order valence-corrected chi connectivity index (χ1v) is 47.1. The third-order valence-electron chi connectivity index (χ3n) is 24.4. The minimum Gasteiger partial charge on any atom is -0.311 e. The molecule has 0 saturated carbocycles. The summed E-state index contributed by atoms with van der Waals surface area (Å²) < 4.78 is 10.3. The minimum absolute atomic E-state index is 1.09. The molecule has 4 aromatic heterocycles. The van der Waals surface area contributed by atoms with Crippen LogP contribution in [0, 0.1) is 0 Å². The Balaban J connectivity index is 0.000000152. The third-order valence-corrected chi connectivity index (χ3v) is 29.0. The lowest BCUT2D eigenvalue weighted by molar-refractivity contribution is 1.25. The Morgan fingerprint density at radius 3 is 0.600 bits per heavy atom. The summed E-state index contributed by atoms with van der Waals surface area (Å²) in [4.78, 5) is 14.1. The fraction of sp³-hybridized carbons (Fsp3) is 0. The maximum atomic E-state index is 2.37. The van der Waals surface area contributed by atoms with Gasteiger partial charge in [0.15, 0.2) is 0 Å². The lowest BCUT2D eigenvalue weighted by Crippen LogP contribution is -2.13. The Labute approximate surface area is 771 Å². The van der Waals surface area contributed by atoms with Crippen molar-refractivity contribution in [1.29, 1.82) is 0 Å². The number of nitrogens with zero attached hydrogens (tertiary/aromatic N) is 6. The second kappa shape index (κ2) is 34.8. The zero-order valence-corrected chi connectivity index (χ0v) is 73.9. The molecular formula is C120H82N6S4.